The first-order chi connectivity index (χ1) is 5.81. The van der Waals surface area contributed by atoms with E-state index in [0.717, 1.165) is 10.3 Å². The lowest BCUT2D eigenvalue weighted by atomic mass is 10.5. The second kappa shape index (κ2) is 2.84. The van der Waals surface area contributed by atoms with Crippen molar-refractivity contribution in [1.29, 1.82) is 0 Å². The van der Waals surface area contributed by atoms with Crippen LogP contribution < -0.4 is 5.32 Å². The molecule has 2 heterocycles. The highest BCUT2D eigenvalue weighted by molar-refractivity contribution is 7.16. The molecule has 6 heteroatoms. The van der Waals surface area contributed by atoms with Gasteiger partial charge in [0.25, 0.3) is 0 Å². The van der Waals surface area contributed by atoms with E-state index in [0.29, 0.717) is 5.82 Å². The Balaban J connectivity index is 2.80. The standard InChI is InChI=1S/C6H5ClN4S/c1-8-4-3-5(12-2-9-3)11-6(7)10-4/h2H,1H3,(H,8,10,11). The molecule has 0 fully saturated rings. The number of nitrogens with one attached hydrogen (secondary N) is 1. The van der Waals surface area contributed by atoms with Crippen LogP contribution in [0.3, 0.4) is 0 Å². The molecule has 2 aromatic rings. The molecule has 2 rings (SSSR count). The van der Waals surface area contributed by atoms with Gasteiger partial charge in [0.1, 0.15) is 5.52 Å². The van der Waals surface area contributed by atoms with E-state index in [2.05, 4.69) is 20.3 Å². The van der Waals surface area contributed by atoms with Crippen LogP contribution >= 0.6 is 22.9 Å². The van der Waals surface area contributed by atoms with E-state index < -0.39 is 0 Å². The largest absolute Gasteiger partial charge is 0.371 e. The molecule has 0 spiro atoms. The molecule has 12 heavy (non-hydrogen) atoms. The molecule has 0 aliphatic rings. The molecule has 0 aliphatic carbocycles. The van der Waals surface area contributed by atoms with E-state index in [9.17, 15) is 0 Å². The lowest BCUT2D eigenvalue weighted by Crippen LogP contribution is -1.95. The maximum atomic E-state index is 5.68. The Labute approximate surface area is 77.6 Å². The van der Waals surface area contributed by atoms with Crippen molar-refractivity contribution >= 4 is 39.1 Å². The first-order valence-electron chi connectivity index (χ1n) is 3.26. The number of hydrogen-bond donors (Lipinski definition) is 1. The highest BCUT2D eigenvalue weighted by Crippen LogP contribution is 2.22. The van der Waals surface area contributed by atoms with Crippen LogP contribution in [0.5, 0.6) is 0 Å². The number of anilines is 1. The first-order valence-corrected chi connectivity index (χ1v) is 4.51. The summed E-state index contributed by atoms with van der Waals surface area (Å²) in [5, 5.41) is 3.15. The topological polar surface area (TPSA) is 50.7 Å². The Morgan fingerprint density at radius 3 is 3.08 bits per heavy atom. The summed E-state index contributed by atoms with van der Waals surface area (Å²) in [7, 11) is 1.78. The zero-order valence-electron chi connectivity index (χ0n) is 6.21. The average Bonchev–Trinajstić information content (AvgIpc) is 2.50. The Kier molecular flexibility index (Phi) is 1.82. The van der Waals surface area contributed by atoms with E-state index in [1.54, 1.807) is 12.6 Å². The van der Waals surface area contributed by atoms with Gasteiger partial charge >= 0.3 is 0 Å². The number of nitrogens with zero attached hydrogens (tertiary/aromatic N) is 3. The van der Waals surface area contributed by atoms with Gasteiger partial charge in [0, 0.05) is 7.05 Å². The van der Waals surface area contributed by atoms with E-state index in [1.807, 2.05) is 0 Å². The van der Waals surface area contributed by atoms with Crippen LogP contribution in [0.4, 0.5) is 5.82 Å². The summed E-state index contributed by atoms with van der Waals surface area (Å²) in [6.45, 7) is 0. The van der Waals surface area contributed by atoms with Crippen LogP contribution in [0, 0.1) is 0 Å². The van der Waals surface area contributed by atoms with Gasteiger partial charge in [0.15, 0.2) is 10.6 Å². The van der Waals surface area contributed by atoms with Crippen LogP contribution in [0.15, 0.2) is 5.51 Å². The SMILES string of the molecule is CNc1nc(Cl)nc2scnc12. The molecule has 0 radical (unpaired) electrons. The van der Waals surface area contributed by atoms with Gasteiger partial charge in [-0.25, -0.2) is 9.97 Å². The monoisotopic (exact) mass is 200 g/mol. The van der Waals surface area contributed by atoms with Crippen molar-refractivity contribution in [3.63, 3.8) is 0 Å². The average molecular weight is 201 g/mol. The lowest BCUT2D eigenvalue weighted by molar-refractivity contribution is 1.21. The molecule has 0 atom stereocenters. The zero-order valence-corrected chi connectivity index (χ0v) is 7.78. The van der Waals surface area contributed by atoms with Crippen molar-refractivity contribution < 1.29 is 0 Å². The molecule has 0 aromatic carbocycles. The van der Waals surface area contributed by atoms with Crippen LogP contribution in [0.2, 0.25) is 5.28 Å². The summed E-state index contributed by atoms with van der Waals surface area (Å²) in [5.41, 5.74) is 2.49. The molecule has 4 nitrogen and oxygen atoms in total. The van der Waals surface area contributed by atoms with Gasteiger partial charge in [-0.05, 0) is 11.6 Å². The van der Waals surface area contributed by atoms with Crippen molar-refractivity contribution in [2.45, 2.75) is 0 Å². The van der Waals surface area contributed by atoms with Crippen LogP contribution in [0.1, 0.15) is 0 Å². The third-order valence-electron chi connectivity index (χ3n) is 1.41. The van der Waals surface area contributed by atoms with E-state index in [1.165, 1.54) is 11.3 Å². The summed E-state index contributed by atoms with van der Waals surface area (Å²) >= 11 is 7.12. The normalized spacial score (nSPS) is 10.5. The predicted octanol–water partition coefficient (Wildman–Crippen LogP) is 1.78. The Bertz CT molecular complexity index is 413. The van der Waals surface area contributed by atoms with Crippen LogP contribution in [0.25, 0.3) is 10.3 Å². The minimum absolute atomic E-state index is 0.246. The van der Waals surface area contributed by atoms with Crippen molar-refractivity contribution in [3.8, 4) is 0 Å². The van der Waals surface area contributed by atoms with Gasteiger partial charge in [-0.1, -0.05) is 0 Å². The number of hydrogen-bond acceptors (Lipinski definition) is 5. The molecule has 0 bridgehead atoms. The predicted molar refractivity (Wildman–Crippen MR) is 49.8 cm³/mol. The van der Waals surface area contributed by atoms with Crippen molar-refractivity contribution in [1.82, 2.24) is 15.0 Å². The van der Waals surface area contributed by atoms with Crippen molar-refractivity contribution in [2.24, 2.45) is 0 Å². The third-order valence-corrected chi connectivity index (χ3v) is 2.30. The van der Waals surface area contributed by atoms with Crippen molar-refractivity contribution in [3.05, 3.63) is 10.8 Å². The zero-order chi connectivity index (χ0) is 8.55. The van der Waals surface area contributed by atoms with E-state index in [-0.39, 0.29) is 5.28 Å². The van der Waals surface area contributed by atoms with Gasteiger partial charge in [0.2, 0.25) is 5.28 Å². The lowest BCUT2D eigenvalue weighted by Gasteiger charge is -1.98. The summed E-state index contributed by atoms with van der Waals surface area (Å²) < 4.78 is 0. The maximum Gasteiger partial charge on any atom is 0.225 e. The van der Waals surface area contributed by atoms with E-state index in [4.69, 9.17) is 11.6 Å². The third kappa shape index (κ3) is 1.11. The summed E-state index contributed by atoms with van der Waals surface area (Å²) in [6.07, 6.45) is 0. The van der Waals surface area contributed by atoms with Gasteiger partial charge in [-0.15, -0.1) is 11.3 Å². The van der Waals surface area contributed by atoms with E-state index >= 15 is 0 Å². The van der Waals surface area contributed by atoms with Crippen molar-refractivity contribution in [2.75, 3.05) is 12.4 Å². The second-order valence-electron chi connectivity index (χ2n) is 2.10. The van der Waals surface area contributed by atoms with Crippen LogP contribution in [-0.4, -0.2) is 22.0 Å². The van der Waals surface area contributed by atoms with Gasteiger partial charge in [-0.2, -0.15) is 4.98 Å². The number of rotatable bonds is 1. The van der Waals surface area contributed by atoms with Gasteiger partial charge in [0.05, 0.1) is 5.51 Å². The fourth-order valence-electron chi connectivity index (χ4n) is 0.910. The molecular formula is C6H5ClN4S. The molecule has 0 aliphatic heterocycles. The number of fused-ring (bicyclic) bond motifs is 1. The molecule has 2 aromatic heterocycles. The summed E-state index contributed by atoms with van der Waals surface area (Å²) in [4.78, 5) is 12.9. The smallest absolute Gasteiger partial charge is 0.225 e. The Morgan fingerprint density at radius 1 is 1.50 bits per heavy atom. The number of aromatic nitrogens is 3. The number of halogens is 1. The summed E-state index contributed by atoms with van der Waals surface area (Å²) in [5.74, 6) is 0.672. The molecule has 0 amide bonds. The molecule has 1 N–H and O–H groups in total. The highest BCUT2D eigenvalue weighted by atomic mass is 35.5. The summed E-state index contributed by atoms with van der Waals surface area (Å²) in [6, 6.07) is 0. The minimum Gasteiger partial charge on any atom is -0.371 e. The fraction of sp³-hybridized carbons (Fsp3) is 0.167. The highest BCUT2D eigenvalue weighted by Gasteiger charge is 2.06. The second-order valence-corrected chi connectivity index (χ2v) is 3.27. The van der Waals surface area contributed by atoms with Gasteiger partial charge in [-0.3, -0.25) is 0 Å². The molecule has 62 valence electrons. The molecule has 0 saturated carbocycles. The quantitative estimate of drug-likeness (QED) is 0.713. The minimum atomic E-state index is 0.246. The number of thiazole rings is 1. The van der Waals surface area contributed by atoms with Crippen LogP contribution in [-0.2, 0) is 0 Å². The first kappa shape index (κ1) is 7.70. The Hall–Kier alpha value is -0.940. The molecule has 0 saturated heterocycles. The Morgan fingerprint density at radius 2 is 2.33 bits per heavy atom. The molecular weight excluding hydrogens is 196 g/mol. The maximum absolute atomic E-state index is 5.68. The molecule has 0 unspecified atom stereocenters. The van der Waals surface area contributed by atoms with Gasteiger partial charge < -0.3 is 5.32 Å². The fourth-order valence-corrected chi connectivity index (χ4v) is 1.79.